The van der Waals surface area contributed by atoms with Crippen LogP contribution in [-0.2, 0) is 13.1 Å². The third-order valence-electron chi connectivity index (χ3n) is 3.00. The van der Waals surface area contributed by atoms with Gasteiger partial charge in [-0.25, -0.2) is 4.79 Å². The zero-order valence-electron chi connectivity index (χ0n) is 11.5. The minimum Gasteiger partial charge on any atom is -0.330 e. The average Bonchev–Trinajstić information content (AvgIpc) is 2.42. The lowest BCUT2D eigenvalue weighted by Crippen LogP contribution is -2.39. The molecule has 0 aliphatic heterocycles. The molecule has 0 aromatic carbocycles. The van der Waals surface area contributed by atoms with Crippen molar-refractivity contribution in [3.63, 3.8) is 0 Å². The Morgan fingerprint density at radius 2 is 2.05 bits per heavy atom. The van der Waals surface area contributed by atoms with Crippen molar-refractivity contribution in [2.75, 3.05) is 6.54 Å². The van der Waals surface area contributed by atoms with Crippen LogP contribution in [0, 0.1) is 6.92 Å². The molecule has 2 aromatic rings. The summed E-state index contributed by atoms with van der Waals surface area (Å²) in [5, 5.41) is 0. The SMILES string of the molecule is Cc1cccc(Cn2ccc(=O)n(CCCN)c2=O)n1. The van der Waals surface area contributed by atoms with E-state index in [1.807, 2.05) is 25.1 Å². The molecule has 0 fully saturated rings. The molecule has 0 atom stereocenters. The molecule has 2 N–H and O–H groups in total. The number of pyridine rings is 1. The molecule has 6 heteroatoms. The van der Waals surface area contributed by atoms with Crippen LogP contribution < -0.4 is 17.0 Å². The summed E-state index contributed by atoms with van der Waals surface area (Å²) in [6.07, 6.45) is 2.11. The fourth-order valence-electron chi connectivity index (χ4n) is 1.99. The molecule has 0 saturated heterocycles. The maximum Gasteiger partial charge on any atom is 0.331 e. The zero-order valence-corrected chi connectivity index (χ0v) is 11.5. The van der Waals surface area contributed by atoms with E-state index in [2.05, 4.69) is 4.98 Å². The van der Waals surface area contributed by atoms with Crippen molar-refractivity contribution in [2.24, 2.45) is 5.73 Å². The van der Waals surface area contributed by atoms with Gasteiger partial charge in [-0.2, -0.15) is 0 Å². The Bertz CT molecular complexity index is 703. The number of rotatable bonds is 5. The second-order valence-electron chi connectivity index (χ2n) is 4.63. The normalized spacial score (nSPS) is 10.7. The van der Waals surface area contributed by atoms with E-state index < -0.39 is 0 Å². The first-order chi connectivity index (χ1) is 9.61. The summed E-state index contributed by atoms with van der Waals surface area (Å²) in [6.45, 7) is 3.04. The fraction of sp³-hybridized carbons (Fsp3) is 0.357. The minimum atomic E-state index is -0.325. The molecule has 0 aliphatic rings. The molecule has 2 heterocycles. The highest BCUT2D eigenvalue weighted by Crippen LogP contribution is 1.99. The Morgan fingerprint density at radius 3 is 2.75 bits per heavy atom. The molecule has 2 rings (SSSR count). The van der Waals surface area contributed by atoms with E-state index in [-0.39, 0.29) is 11.2 Å². The van der Waals surface area contributed by atoms with Crippen LogP contribution in [0.25, 0.3) is 0 Å². The number of nitrogens with zero attached hydrogens (tertiary/aromatic N) is 3. The van der Waals surface area contributed by atoms with E-state index in [4.69, 9.17) is 5.73 Å². The molecule has 0 amide bonds. The molecule has 0 bridgehead atoms. The van der Waals surface area contributed by atoms with Crippen LogP contribution in [0.5, 0.6) is 0 Å². The first kappa shape index (κ1) is 14.2. The molecule has 106 valence electrons. The van der Waals surface area contributed by atoms with Gasteiger partial charge in [0.25, 0.3) is 5.56 Å². The largest absolute Gasteiger partial charge is 0.331 e. The Balaban J connectivity index is 2.33. The molecule has 0 saturated carbocycles. The van der Waals surface area contributed by atoms with E-state index in [1.165, 1.54) is 21.4 Å². The number of hydrogen-bond donors (Lipinski definition) is 1. The van der Waals surface area contributed by atoms with E-state index in [1.54, 1.807) is 0 Å². The molecular formula is C14H18N4O2. The Morgan fingerprint density at radius 1 is 1.25 bits per heavy atom. The maximum atomic E-state index is 12.2. The van der Waals surface area contributed by atoms with Crippen LogP contribution >= 0.6 is 0 Å². The first-order valence-corrected chi connectivity index (χ1v) is 6.54. The molecule has 6 nitrogen and oxygen atoms in total. The number of aryl methyl sites for hydroxylation is 1. The highest BCUT2D eigenvalue weighted by Gasteiger charge is 2.06. The van der Waals surface area contributed by atoms with Crippen molar-refractivity contribution in [2.45, 2.75) is 26.4 Å². The van der Waals surface area contributed by atoms with Gasteiger partial charge in [-0.1, -0.05) is 6.07 Å². The third kappa shape index (κ3) is 3.21. The van der Waals surface area contributed by atoms with Crippen LogP contribution in [0.4, 0.5) is 0 Å². The summed E-state index contributed by atoms with van der Waals surface area (Å²) in [6, 6.07) is 7.05. The third-order valence-corrected chi connectivity index (χ3v) is 3.00. The summed E-state index contributed by atoms with van der Waals surface area (Å²) < 4.78 is 2.70. The van der Waals surface area contributed by atoms with Crippen molar-refractivity contribution in [3.05, 3.63) is 62.7 Å². The van der Waals surface area contributed by atoms with Crippen molar-refractivity contribution < 1.29 is 0 Å². The van der Waals surface area contributed by atoms with E-state index in [0.29, 0.717) is 26.1 Å². The summed E-state index contributed by atoms with van der Waals surface area (Å²) in [5.41, 5.74) is 6.48. The van der Waals surface area contributed by atoms with Gasteiger partial charge in [0, 0.05) is 24.5 Å². The number of nitrogens with two attached hydrogens (primary N) is 1. The summed E-state index contributed by atoms with van der Waals surface area (Å²) in [7, 11) is 0. The molecule has 20 heavy (non-hydrogen) atoms. The van der Waals surface area contributed by atoms with Crippen LogP contribution in [0.15, 0.2) is 40.1 Å². The number of hydrogen-bond acceptors (Lipinski definition) is 4. The van der Waals surface area contributed by atoms with Gasteiger partial charge in [-0.3, -0.25) is 18.9 Å². The zero-order chi connectivity index (χ0) is 14.5. The van der Waals surface area contributed by atoms with Crippen molar-refractivity contribution in [1.82, 2.24) is 14.1 Å². The predicted molar refractivity (Wildman–Crippen MR) is 76.7 cm³/mol. The molecule has 0 spiro atoms. The van der Waals surface area contributed by atoms with E-state index in [0.717, 1.165) is 11.4 Å². The lowest BCUT2D eigenvalue weighted by atomic mass is 10.3. The Labute approximate surface area is 116 Å². The monoisotopic (exact) mass is 274 g/mol. The van der Waals surface area contributed by atoms with Crippen LogP contribution in [0.2, 0.25) is 0 Å². The van der Waals surface area contributed by atoms with Gasteiger partial charge >= 0.3 is 5.69 Å². The second-order valence-corrected chi connectivity index (χ2v) is 4.63. The average molecular weight is 274 g/mol. The van der Waals surface area contributed by atoms with Gasteiger partial charge in [-0.15, -0.1) is 0 Å². The quantitative estimate of drug-likeness (QED) is 0.839. The van der Waals surface area contributed by atoms with Crippen LogP contribution in [0.1, 0.15) is 17.8 Å². The first-order valence-electron chi connectivity index (χ1n) is 6.54. The maximum absolute atomic E-state index is 12.2. The van der Waals surface area contributed by atoms with Crippen molar-refractivity contribution in [1.29, 1.82) is 0 Å². The van der Waals surface area contributed by atoms with Gasteiger partial charge in [0.05, 0.1) is 12.2 Å². The standard InChI is InChI=1S/C14H18N4O2/c1-11-4-2-5-12(16-11)10-17-9-6-13(19)18(14(17)20)8-3-7-15/h2,4-6,9H,3,7-8,10,15H2,1H3. The van der Waals surface area contributed by atoms with Gasteiger partial charge in [0.1, 0.15) is 0 Å². The molecule has 2 aromatic heterocycles. The summed E-state index contributed by atoms with van der Waals surface area (Å²) in [5.74, 6) is 0. The summed E-state index contributed by atoms with van der Waals surface area (Å²) in [4.78, 5) is 28.3. The molecule has 0 radical (unpaired) electrons. The lowest BCUT2D eigenvalue weighted by Gasteiger charge is -2.09. The lowest BCUT2D eigenvalue weighted by molar-refractivity contribution is 0.552. The highest BCUT2D eigenvalue weighted by atomic mass is 16.2. The minimum absolute atomic E-state index is 0.295. The van der Waals surface area contributed by atoms with Crippen molar-refractivity contribution in [3.8, 4) is 0 Å². The Kier molecular flexibility index (Phi) is 4.47. The van der Waals surface area contributed by atoms with Crippen LogP contribution in [-0.4, -0.2) is 20.7 Å². The highest BCUT2D eigenvalue weighted by molar-refractivity contribution is 5.10. The van der Waals surface area contributed by atoms with Gasteiger partial charge < -0.3 is 5.73 Å². The van der Waals surface area contributed by atoms with Gasteiger partial charge in [0.2, 0.25) is 0 Å². The molecular weight excluding hydrogens is 256 g/mol. The Hall–Kier alpha value is -2.21. The predicted octanol–water partition coefficient (Wildman–Crippen LogP) is 0.111. The second kappa shape index (κ2) is 6.29. The smallest absolute Gasteiger partial charge is 0.330 e. The van der Waals surface area contributed by atoms with E-state index >= 15 is 0 Å². The van der Waals surface area contributed by atoms with Crippen LogP contribution in [0.3, 0.4) is 0 Å². The number of aromatic nitrogens is 3. The molecule has 0 unspecified atom stereocenters. The van der Waals surface area contributed by atoms with Crippen molar-refractivity contribution >= 4 is 0 Å². The van der Waals surface area contributed by atoms with Gasteiger partial charge in [0.15, 0.2) is 0 Å². The van der Waals surface area contributed by atoms with E-state index in [9.17, 15) is 9.59 Å². The van der Waals surface area contributed by atoms with Gasteiger partial charge in [-0.05, 0) is 32.0 Å². The topological polar surface area (TPSA) is 82.9 Å². The summed E-state index contributed by atoms with van der Waals surface area (Å²) >= 11 is 0. The fourth-order valence-corrected chi connectivity index (χ4v) is 1.99. The molecule has 0 aliphatic carbocycles.